The first kappa shape index (κ1) is 11.6. The Morgan fingerprint density at radius 3 is 2.89 bits per heavy atom. The van der Waals surface area contributed by atoms with Gasteiger partial charge in [0.15, 0.2) is 5.69 Å². The van der Waals surface area contributed by atoms with Crippen molar-refractivity contribution in [3.8, 4) is 0 Å². The van der Waals surface area contributed by atoms with Crippen LogP contribution in [0.5, 0.6) is 0 Å². The van der Waals surface area contributed by atoms with Crippen LogP contribution >= 0.6 is 0 Å². The number of aromatic nitrogens is 4. The summed E-state index contributed by atoms with van der Waals surface area (Å²) >= 11 is 0. The topological polar surface area (TPSA) is 84.1 Å². The number of carboxylic acid groups (broad SMARTS) is 1. The molecule has 2 aromatic heterocycles. The molecule has 1 N–H and O–H groups in total. The molecule has 0 radical (unpaired) electrons. The Morgan fingerprint density at radius 1 is 1.37 bits per heavy atom. The minimum Gasteiger partial charge on any atom is -0.476 e. The van der Waals surface area contributed by atoms with Gasteiger partial charge in [0, 0.05) is 25.5 Å². The van der Waals surface area contributed by atoms with E-state index in [4.69, 9.17) is 5.11 Å². The van der Waals surface area contributed by atoms with E-state index in [9.17, 15) is 4.79 Å². The van der Waals surface area contributed by atoms with E-state index < -0.39 is 5.97 Å². The van der Waals surface area contributed by atoms with Gasteiger partial charge >= 0.3 is 5.97 Å². The van der Waals surface area contributed by atoms with E-state index in [2.05, 4.69) is 20.0 Å². The molecule has 98 valence electrons. The summed E-state index contributed by atoms with van der Waals surface area (Å²) in [5.41, 5.74) is -0.0356. The van der Waals surface area contributed by atoms with E-state index in [1.165, 1.54) is 12.4 Å². The van der Waals surface area contributed by atoms with E-state index in [0.717, 1.165) is 19.5 Å². The molecule has 1 aliphatic rings. The second kappa shape index (κ2) is 4.68. The zero-order valence-corrected chi connectivity index (χ0v) is 10.2. The Morgan fingerprint density at radius 2 is 2.26 bits per heavy atom. The summed E-state index contributed by atoms with van der Waals surface area (Å²) in [5.74, 6) is -0.352. The summed E-state index contributed by atoms with van der Waals surface area (Å²) in [6.07, 6.45) is 7.51. The van der Waals surface area contributed by atoms with Gasteiger partial charge in [-0.2, -0.15) is 5.10 Å². The zero-order chi connectivity index (χ0) is 13.2. The quantitative estimate of drug-likeness (QED) is 0.878. The molecule has 19 heavy (non-hydrogen) atoms. The number of anilines is 1. The average Bonchev–Trinajstić information content (AvgIpc) is 3.10. The molecule has 3 heterocycles. The average molecular weight is 259 g/mol. The summed E-state index contributed by atoms with van der Waals surface area (Å²) < 4.78 is 1.94. The highest BCUT2D eigenvalue weighted by molar-refractivity contribution is 5.84. The van der Waals surface area contributed by atoms with Gasteiger partial charge in [-0.15, -0.1) is 0 Å². The van der Waals surface area contributed by atoms with Crippen molar-refractivity contribution in [3.05, 3.63) is 36.5 Å². The van der Waals surface area contributed by atoms with Gasteiger partial charge in [0.1, 0.15) is 5.82 Å². The van der Waals surface area contributed by atoms with Gasteiger partial charge in [0.2, 0.25) is 0 Å². The molecule has 1 fully saturated rings. The van der Waals surface area contributed by atoms with Crippen molar-refractivity contribution in [3.63, 3.8) is 0 Å². The fraction of sp³-hybridized carbons (Fsp3) is 0.333. The molecule has 0 saturated carbocycles. The molecule has 0 aliphatic carbocycles. The van der Waals surface area contributed by atoms with E-state index >= 15 is 0 Å². The summed E-state index contributed by atoms with van der Waals surface area (Å²) in [6.45, 7) is 1.68. The van der Waals surface area contributed by atoms with Gasteiger partial charge < -0.3 is 10.0 Å². The molecule has 1 saturated heterocycles. The number of carboxylic acids is 1. The van der Waals surface area contributed by atoms with Crippen molar-refractivity contribution < 1.29 is 9.90 Å². The molecular weight excluding hydrogens is 246 g/mol. The molecule has 1 atom stereocenters. The maximum Gasteiger partial charge on any atom is 0.356 e. The van der Waals surface area contributed by atoms with Crippen LogP contribution in [0, 0.1) is 0 Å². The van der Waals surface area contributed by atoms with Crippen molar-refractivity contribution in [2.45, 2.75) is 12.5 Å². The molecule has 7 heteroatoms. The van der Waals surface area contributed by atoms with Crippen LogP contribution in [0.1, 0.15) is 23.0 Å². The summed E-state index contributed by atoms with van der Waals surface area (Å²) in [7, 11) is 0. The lowest BCUT2D eigenvalue weighted by molar-refractivity contribution is 0.0690. The third-order valence-corrected chi connectivity index (χ3v) is 3.24. The van der Waals surface area contributed by atoms with Gasteiger partial charge in [0.25, 0.3) is 0 Å². The Balaban J connectivity index is 1.72. The highest BCUT2D eigenvalue weighted by Gasteiger charge is 2.25. The SMILES string of the molecule is O=C(O)c1cnc(N2CCC(n3cccn3)C2)cn1. The first-order valence-electron chi connectivity index (χ1n) is 6.03. The highest BCUT2D eigenvalue weighted by atomic mass is 16.4. The van der Waals surface area contributed by atoms with Gasteiger partial charge in [-0.05, 0) is 12.5 Å². The number of aromatic carboxylic acids is 1. The lowest BCUT2D eigenvalue weighted by atomic mass is 10.3. The molecule has 0 amide bonds. The Hall–Kier alpha value is -2.44. The van der Waals surface area contributed by atoms with Gasteiger partial charge in [0.05, 0.1) is 18.4 Å². The van der Waals surface area contributed by atoms with Crippen molar-refractivity contribution in [2.24, 2.45) is 0 Å². The lowest BCUT2D eigenvalue weighted by Crippen LogP contribution is -2.22. The summed E-state index contributed by atoms with van der Waals surface area (Å²) in [4.78, 5) is 20.8. The standard InChI is InChI=1S/C12H13N5O2/c18-12(19)10-6-14-11(7-13-10)16-5-2-9(8-16)17-4-1-3-15-17/h1,3-4,6-7,9H,2,5,8H2,(H,18,19). The number of hydrogen-bond donors (Lipinski definition) is 1. The highest BCUT2D eigenvalue weighted by Crippen LogP contribution is 2.24. The largest absolute Gasteiger partial charge is 0.476 e. The van der Waals surface area contributed by atoms with Crippen LogP contribution in [0.2, 0.25) is 0 Å². The van der Waals surface area contributed by atoms with Crippen molar-refractivity contribution >= 4 is 11.8 Å². The smallest absolute Gasteiger partial charge is 0.356 e. The predicted octanol–water partition coefficient (Wildman–Crippen LogP) is 0.823. The predicted molar refractivity (Wildman–Crippen MR) is 67.1 cm³/mol. The second-order valence-electron chi connectivity index (χ2n) is 4.44. The third-order valence-electron chi connectivity index (χ3n) is 3.24. The van der Waals surface area contributed by atoms with Crippen LogP contribution in [-0.4, -0.2) is 43.9 Å². The van der Waals surface area contributed by atoms with Crippen LogP contribution in [0.4, 0.5) is 5.82 Å². The summed E-state index contributed by atoms with van der Waals surface area (Å²) in [6, 6.07) is 2.24. The van der Waals surface area contributed by atoms with Crippen LogP contribution in [0.3, 0.4) is 0 Å². The first-order chi connectivity index (χ1) is 9.24. The maximum absolute atomic E-state index is 10.7. The molecule has 1 unspecified atom stereocenters. The molecule has 0 bridgehead atoms. The van der Waals surface area contributed by atoms with Gasteiger partial charge in [-0.3, -0.25) is 4.68 Å². The molecule has 7 nitrogen and oxygen atoms in total. The Kier molecular flexibility index (Phi) is 2.86. The number of nitrogens with zero attached hydrogens (tertiary/aromatic N) is 5. The normalized spacial score (nSPS) is 18.7. The minimum atomic E-state index is -1.06. The fourth-order valence-corrected chi connectivity index (χ4v) is 2.26. The fourth-order valence-electron chi connectivity index (χ4n) is 2.26. The van der Waals surface area contributed by atoms with E-state index in [1.54, 1.807) is 6.20 Å². The van der Waals surface area contributed by atoms with Crippen LogP contribution in [0.15, 0.2) is 30.9 Å². The molecule has 0 spiro atoms. The van der Waals surface area contributed by atoms with Crippen molar-refractivity contribution in [2.75, 3.05) is 18.0 Å². The van der Waals surface area contributed by atoms with Crippen LogP contribution < -0.4 is 4.90 Å². The van der Waals surface area contributed by atoms with Gasteiger partial charge in [-0.25, -0.2) is 14.8 Å². The zero-order valence-electron chi connectivity index (χ0n) is 10.2. The number of rotatable bonds is 3. The number of carbonyl (C=O) groups is 1. The Labute approximate surface area is 109 Å². The first-order valence-corrected chi connectivity index (χ1v) is 6.03. The van der Waals surface area contributed by atoms with Crippen molar-refractivity contribution in [1.29, 1.82) is 0 Å². The monoisotopic (exact) mass is 259 g/mol. The van der Waals surface area contributed by atoms with Crippen molar-refractivity contribution in [1.82, 2.24) is 19.7 Å². The number of hydrogen-bond acceptors (Lipinski definition) is 5. The Bertz CT molecular complexity index is 566. The van der Waals surface area contributed by atoms with Crippen LogP contribution in [0.25, 0.3) is 0 Å². The summed E-state index contributed by atoms with van der Waals surface area (Å²) in [5, 5.41) is 13.0. The maximum atomic E-state index is 10.7. The van der Waals surface area contributed by atoms with Crippen LogP contribution in [-0.2, 0) is 0 Å². The van der Waals surface area contributed by atoms with E-state index in [0.29, 0.717) is 11.9 Å². The molecule has 3 rings (SSSR count). The molecule has 1 aliphatic heterocycles. The molecule has 0 aromatic carbocycles. The minimum absolute atomic E-state index is 0.0356. The molecular formula is C12H13N5O2. The van der Waals surface area contributed by atoms with E-state index in [-0.39, 0.29) is 5.69 Å². The second-order valence-corrected chi connectivity index (χ2v) is 4.44. The third kappa shape index (κ3) is 2.26. The van der Waals surface area contributed by atoms with E-state index in [1.807, 2.05) is 16.9 Å². The molecule has 2 aromatic rings. The van der Waals surface area contributed by atoms with Gasteiger partial charge in [-0.1, -0.05) is 0 Å². The lowest BCUT2D eigenvalue weighted by Gasteiger charge is -2.17.